The highest BCUT2D eigenvalue weighted by Crippen LogP contribution is 2.13. The molecule has 0 aliphatic rings. The van der Waals surface area contributed by atoms with Gasteiger partial charge in [-0.1, -0.05) is 0 Å². The van der Waals surface area contributed by atoms with Gasteiger partial charge in [-0.25, -0.2) is 0 Å². The first-order valence-corrected chi connectivity index (χ1v) is 8.93. The number of methoxy groups -OCH3 is 1. The van der Waals surface area contributed by atoms with Crippen LogP contribution in [0.2, 0.25) is 0 Å². The average Bonchev–Trinajstić information content (AvgIpc) is 3.01. The summed E-state index contributed by atoms with van der Waals surface area (Å²) in [6, 6.07) is 10.4. The third-order valence-electron chi connectivity index (χ3n) is 4.08. The van der Waals surface area contributed by atoms with E-state index in [-0.39, 0.29) is 30.8 Å². The Hall–Kier alpha value is -3.29. The average molecular weight is 387 g/mol. The quantitative estimate of drug-likeness (QED) is 0.506. The van der Waals surface area contributed by atoms with Crippen LogP contribution in [0.4, 0.5) is 0 Å². The molecule has 150 valence electrons. The number of hydrogen-bond donors (Lipinski definition) is 2. The molecule has 0 unspecified atom stereocenters. The first-order valence-electron chi connectivity index (χ1n) is 8.93. The van der Waals surface area contributed by atoms with Gasteiger partial charge in [0.25, 0.3) is 11.8 Å². The summed E-state index contributed by atoms with van der Waals surface area (Å²) < 4.78 is 11.6. The summed E-state index contributed by atoms with van der Waals surface area (Å²) in [6.07, 6.45) is 0.756. The molecule has 0 atom stereocenters. The van der Waals surface area contributed by atoms with Crippen LogP contribution in [0.25, 0.3) is 0 Å². The van der Waals surface area contributed by atoms with Gasteiger partial charge in [-0.2, -0.15) is 0 Å². The van der Waals surface area contributed by atoms with Gasteiger partial charge in [0.2, 0.25) is 0 Å². The predicted molar refractivity (Wildman–Crippen MR) is 104 cm³/mol. The fourth-order valence-corrected chi connectivity index (χ4v) is 2.48. The summed E-state index contributed by atoms with van der Waals surface area (Å²) in [5.74, 6) is -0.353. The monoisotopic (exact) mass is 387 g/mol. The van der Waals surface area contributed by atoms with Crippen molar-refractivity contribution in [3.63, 3.8) is 0 Å². The van der Waals surface area contributed by atoms with Crippen molar-refractivity contribution in [1.29, 1.82) is 0 Å². The molecule has 8 nitrogen and oxygen atoms in total. The Kier molecular flexibility index (Phi) is 7.62. The second-order valence-electron chi connectivity index (χ2n) is 6.24. The molecule has 8 heteroatoms. The zero-order chi connectivity index (χ0) is 20.5. The van der Waals surface area contributed by atoms with Gasteiger partial charge in [0.05, 0.1) is 7.11 Å². The Labute approximate surface area is 163 Å². The van der Waals surface area contributed by atoms with Gasteiger partial charge in [0.15, 0.2) is 6.61 Å². The van der Waals surface area contributed by atoms with E-state index in [1.165, 1.54) is 7.11 Å². The van der Waals surface area contributed by atoms with Crippen molar-refractivity contribution in [3.05, 3.63) is 53.3 Å². The second kappa shape index (κ2) is 10.1. The van der Waals surface area contributed by atoms with Crippen LogP contribution in [-0.2, 0) is 14.3 Å². The molecule has 1 aromatic carbocycles. The predicted octanol–water partition coefficient (Wildman–Crippen LogP) is 1.94. The molecule has 0 saturated heterocycles. The largest absolute Gasteiger partial charge is 0.484 e. The normalized spacial score (nSPS) is 10.2. The van der Waals surface area contributed by atoms with Crippen molar-refractivity contribution in [2.24, 2.45) is 0 Å². The fraction of sp³-hybridized carbons (Fsp3) is 0.350. The molecule has 0 aliphatic carbocycles. The van der Waals surface area contributed by atoms with E-state index < -0.39 is 0 Å². The first-order chi connectivity index (χ1) is 13.4. The minimum absolute atomic E-state index is 0.147. The summed E-state index contributed by atoms with van der Waals surface area (Å²) in [6.45, 7) is 4.04. The smallest absolute Gasteiger partial charge is 0.305 e. The van der Waals surface area contributed by atoms with Gasteiger partial charge >= 0.3 is 5.97 Å². The van der Waals surface area contributed by atoms with Crippen molar-refractivity contribution in [1.82, 2.24) is 9.99 Å². The van der Waals surface area contributed by atoms with Crippen LogP contribution in [0.15, 0.2) is 36.4 Å². The number of hydrogen-bond acceptors (Lipinski definition) is 5. The molecule has 2 N–H and O–H groups in total. The SMILES string of the molecule is COC(=O)CCCNC(=O)COc1ccc(C(=O)Nn2c(C)ccc2C)cc1. The Balaban J connectivity index is 1.77. The van der Waals surface area contributed by atoms with E-state index in [0.29, 0.717) is 24.3 Å². The molecule has 2 rings (SSSR count). The Bertz CT molecular complexity index is 807. The Morgan fingerprint density at radius 3 is 2.25 bits per heavy atom. The van der Waals surface area contributed by atoms with Gasteiger partial charge in [-0.05, 0) is 56.7 Å². The summed E-state index contributed by atoms with van der Waals surface area (Å²) in [7, 11) is 1.33. The number of aromatic nitrogens is 1. The lowest BCUT2D eigenvalue weighted by atomic mass is 10.2. The van der Waals surface area contributed by atoms with Crippen LogP contribution in [0.3, 0.4) is 0 Å². The van der Waals surface area contributed by atoms with Crippen LogP contribution in [0, 0.1) is 13.8 Å². The van der Waals surface area contributed by atoms with Gasteiger partial charge in [-0.15, -0.1) is 0 Å². The molecule has 0 saturated carbocycles. The summed E-state index contributed by atoms with van der Waals surface area (Å²) in [4.78, 5) is 35.0. The highest BCUT2D eigenvalue weighted by Gasteiger charge is 2.09. The number of esters is 1. The number of ether oxygens (including phenoxy) is 2. The Morgan fingerprint density at radius 2 is 1.64 bits per heavy atom. The number of nitrogens with one attached hydrogen (secondary N) is 2. The molecular weight excluding hydrogens is 362 g/mol. The number of aryl methyl sites for hydroxylation is 2. The highest BCUT2D eigenvalue weighted by molar-refractivity contribution is 6.00. The maximum Gasteiger partial charge on any atom is 0.305 e. The maximum atomic E-state index is 12.3. The van der Waals surface area contributed by atoms with Crippen LogP contribution < -0.4 is 15.5 Å². The van der Waals surface area contributed by atoms with E-state index in [1.54, 1.807) is 28.9 Å². The van der Waals surface area contributed by atoms with Crippen LogP contribution in [-0.4, -0.2) is 42.7 Å². The highest BCUT2D eigenvalue weighted by atomic mass is 16.5. The molecule has 28 heavy (non-hydrogen) atoms. The van der Waals surface area contributed by atoms with E-state index >= 15 is 0 Å². The number of rotatable bonds is 9. The molecule has 0 fully saturated rings. The van der Waals surface area contributed by atoms with E-state index in [2.05, 4.69) is 15.5 Å². The van der Waals surface area contributed by atoms with Gasteiger partial charge in [0.1, 0.15) is 5.75 Å². The van der Waals surface area contributed by atoms with Crippen molar-refractivity contribution in [2.75, 3.05) is 25.7 Å². The van der Waals surface area contributed by atoms with E-state index in [9.17, 15) is 14.4 Å². The van der Waals surface area contributed by atoms with Gasteiger partial charge < -0.3 is 14.8 Å². The zero-order valence-electron chi connectivity index (χ0n) is 16.3. The van der Waals surface area contributed by atoms with Crippen LogP contribution in [0.5, 0.6) is 5.75 Å². The topological polar surface area (TPSA) is 98.7 Å². The third-order valence-corrected chi connectivity index (χ3v) is 4.08. The van der Waals surface area contributed by atoms with Gasteiger partial charge in [-0.3, -0.25) is 24.5 Å². The molecule has 0 aliphatic heterocycles. The van der Waals surface area contributed by atoms with Crippen molar-refractivity contribution in [2.45, 2.75) is 26.7 Å². The lowest BCUT2D eigenvalue weighted by Crippen LogP contribution is -2.30. The van der Waals surface area contributed by atoms with Crippen molar-refractivity contribution in [3.8, 4) is 5.75 Å². The summed E-state index contributed by atoms with van der Waals surface area (Å²) in [5, 5.41) is 2.66. The Morgan fingerprint density at radius 1 is 1.00 bits per heavy atom. The zero-order valence-corrected chi connectivity index (χ0v) is 16.3. The van der Waals surface area contributed by atoms with E-state index in [0.717, 1.165) is 11.4 Å². The lowest BCUT2D eigenvalue weighted by Gasteiger charge is -2.12. The fourth-order valence-electron chi connectivity index (χ4n) is 2.48. The molecule has 0 spiro atoms. The number of carbonyl (C=O) groups is 3. The molecule has 0 radical (unpaired) electrons. The maximum absolute atomic E-state index is 12.3. The van der Waals surface area contributed by atoms with Crippen LogP contribution >= 0.6 is 0 Å². The van der Waals surface area contributed by atoms with E-state index in [1.807, 2.05) is 26.0 Å². The number of benzene rings is 1. The molecule has 2 aromatic rings. The number of carbonyl (C=O) groups excluding carboxylic acids is 3. The van der Waals surface area contributed by atoms with Crippen molar-refractivity contribution >= 4 is 17.8 Å². The summed E-state index contributed by atoms with van der Waals surface area (Å²) in [5.41, 5.74) is 5.17. The summed E-state index contributed by atoms with van der Waals surface area (Å²) >= 11 is 0. The minimum atomic E-state index is -0.309. The first kappa shape index (κ1) is 21.0. The minimum Gasteiger partial charge on any atom is -0.484 e. The standard InChI is InChI=1S/C20H25N3O5/c1-14-6-7-15(2)23(14)22-20(26)16-8-10-17(11-9-16)28-13-18(24)21-12-4-5-19(25)27-3/h6-11H,4-5,12-13H2,1-3H3,(H,21,24)(H,22,26). The molecule has 1 aromatic heterocycles. The third kappa shape index (κ3) is 6.15. The molecular formula is C20H25N3O5. The molecule has 1 heterocycles. The van der Waals surface area contributed by atoms with Crippen LogP contribution in [0.1, 0.15) is 34.6 Å². The number of amides is 2. The second-order valence-corrected chi connectivity index (χ2v) is 6.24. The lowest BCUT2D eigenvalue weighted by molar-refractivity contribution is -0.140. The van der Waals surface area contributed by atoms with Crippen molar-refractivity contribution < 1.29 is 23.9 Å². The number of nitrogens with zero attached hydrogens (tertiary/aromatic N) is 1. The van der Waals surface area contributed by atoms with Gasteiger partial charge in [0, 0.05) is 29.9 Å². The molecule has 2 amide bonds. The van der Waals surface area contributed by atoms with E-state index in [4.69, 9.17) is 4.74 Å². The molecule has 0 bridgehead atoms.